The van der Waals surface area contributed by atoms with Gasteiger partial charge in [-0.05, 0) is 36.6 Å². The number of phenols is 1. The highest BCUT2D eigenvalue weighted by atomic mass is 35.5. The summed E-state index contributed by atoms with van der Waals surface area (Å²) in [7, 11) is 0. The average molecular weight is 314 g/mol. The van der Waals surface area contributed by atoms with Crippen molar-refractivity contribution in [2.75, 3.05) is 11.6 Å². The molecule has 19 heavy (non-hydrogen) atoms. The zero-order chi connectivity index (χ0) is 13.8. The van der Waals surface area contributed by atoms with E-state index in [1.54, 1.807) is 17.8 Å². The highest BCUT2D eigenvalue weighted by molar-refractivity contribution is 7.98. The molecular weight excluding hydrogens is 301 g/mol. The van der Waals surface area contributed by atoms with E-state index >= 15 is 0 Å². The highest BCUT2D eigenvalue weighted by Crippen LogP contribution is 2.31. The highest BCUT2D eigenvalue weighted by Gasteiger charge is 2.07. The molecule has 0 saturated carbocycles. The van der Waals surface area contributed by atoms with E-state index in [9.17, 15) is 5.11 Å². The lowest BCUT2D eigenvalue weighted by Gasteiger charge is -2.10. The molecule has 0 atom stereocenters. The van der Waals surface area contributed by atoms with Gasteiger partial charge in [-0.25, -0.2) is 0 Å². The van der Waals surface area contributed by atoms with E-state index in [1.807, 2.05) is 30.5 Å². The maximum atomic E-state index is 9.87. The minimum atomic E-state index is 0.0691. The molecule has 2 nitrogen and oxygen atoms in total. The Kier molecular flexibility index (Phi) is 4.86. The molecule has 0 radical (unpaired) electrons. The Balaban J connectivity index is 2.14. The molecule has 100 valence electrons. The molecule has 0 spiro atoms. The summed E-state index contributed by atoms with van der Waals surface area (Å²) in [5.74, 6) is 0.0691. The Bertz CT molecular complexity index is 590. The number of rotatable bonds is 4. The quantitative estimate of drug-likeness (QED) is 0.776. The van der Waals surface area contributed by atoms with Gasteiger partial charge in [0.2, 0.25) is 0 Å². The molecule has 0 saturated heterocycles. The molecule has 0 heterocycles. The second kappa shape index (κ2) is 6.42. The minimum Gasteiger partial charge on any atom is -0.506 e. The van der Waals surface area contributed by atoms with Gasteiger partial charge in [-0.2, -0.15) is 0 Å². The van der Waals surface area contributed by atoms with E-state index in [-0.39, 0.29) is 10.8 Å². The van der Waals surface area contributed by atoms with Crippen molar-refractivity contribution in [1.29, 1.82) is 0 Å². The fraction of sp³-hybridized carbons (Fsp3) is 0.143. The predicted octanol–water partition coefficient (Wildman–Crippen LogP) is 5.03. The third-order valence-electron chi connectivity index (χ3n) is 2.66. The minimum absolute atomic E-state index is 0.0691. The number of nitrogens with one attached hydrogen (secondary N) is 1. The molecule has 2 aromatic rings. The van der Waals surface area contributed by atoms with Crippen molar-refractivity contribution in [1.82, 2.24) is 0 Å². The third kappa shape index (κ3) is 3.72. The van der Waals surface area contributed by atoms with Crippen LogP contribution in [0.1, 0.15) is 5.56 Å². The summed E-state index contributed by atoms with van der Waals surface area (Å²) in [6.07, 6.45) is 2.03. The van der Waals surface area contributed by atoms with Crippen LogP contribution in [0.25, 0.3) is 0 Å². The Morgan fingerprint density at radius 1 is 1.21 bits per heavy atom. The number of hydrogen-bond acceptors (Lipinski definition) is 3. The summed E-state index contributed by atoms with van der Waals surface area (Å²) in [5, 5.41) is 13.9. The molecule has 0 unspecified atom stereocenters. The molecule has 2 aromatic carbocycles. The molecule has 0 aliphatic rings. The largest absolute Gasteiger partial charge is 0.506 e. The molecule has 0 aliphatic carbocycles. The van der Waals surface area contributed by atoms with Gasteiger partial charge in [0.1, 0.15) is 5.75 Å². The van der Waals surface area contributed by atoms with Crippen LogP contribution in [0.5, 0.6) is 5.75 Å². The standard InChI is InChI=1S/C14H13Cl2NOS/c1-19-12-4-2-3-11(7-12)17-8-9-5-10(15)6-13(16)14(9)18/h2-7,17-18H,8H2,1H3. The molecule has 2 N–H and O–H groups in total. The van der Waals surface area contributed by atoms with Crippen LogP contribution in [-0.4, -0.2) is 11.4 Å². The Morgan fingerprint density at radius 3 is 2.74 bits per heavy atom. The van der Waals surface area contributed by atoms with E-state index in [2.05, 4.69) is 5.32 Å². The van der Waals surface area contributed by atoms with E-state index in [1.165, 1.54) is 11.0 Å². The molecule has 0 bridgehead atoms. The molecule has 5 heteroatoms. The van der Waals surface area contributed by atoms with Gasteiger partial charge < -0.3 is 10.4 Å². The van der Waals surface area contributed by atoms with Gasteiger partial charge >= 0.3 is 0 Å². The summed E-state index contributed by atoms with van der Waals surface area (Å²) in [6, 6.07) is 11.3. The first-order chi connectivity index (χ1) is 9.10. The van der Waals surface area contributed by atoms with Crippen molar-refractivity contribution in [3.8, 4) is 5.75 Å². The van der Waals surface area contributed by atoms with Crippen molar-refractivity contribution in [3.63, 3.8) is 0 Å². The SMILES string of the molecule is CSc1cccc(NCc2cc(Cl)cc(Cl)c2O)c1. The van der Waals surface area contributed by atoms with Crippen molar-refractivity contribution in [2.45, 2.75) is 11.4 Å². The monoisotopic (exact) mass is 313 g/mol. The van der Waals surface area contributed by atoms with Crippen LogP contribution in [0.4, 0.5) is 5.69 Å². The maximum Gasteiger partial charge on any atom is 0.139 e. The van der Waals surface area contributed by atoms with Crippen LogP contribution in [0.15, 0.2) is 41.3 Å². The number of benzene rings is 2. The Hall–Kier alpha value is -1.03. The lowest BCUT2D eigenvalue weighted by atomic mass is 10.2. The number of halogens is 2. The van der Waals surface area contributed by atoms with Crippen molar-refractivity contribution < 1.29 is 5.11 Å². The Labute approximate surface area is 126 Å². The number of aromatic hydroxyl groups is 1. The Morgan fingerprint density at radius 2 is 2.00 bits per heavy atom. The van der Waals surface area contributed by atoms with Gasteiger partial charge in [0.05, 0.1) is 5.02 Å². The molecular formula is C14H13Cl2NOS. The van der Waals surface area contributed by atoms with E-state index in [0.717, 1.165) is 5.69 Å². The van der Waals surface area contributed by atoms with Crippen molar-refractivity contribution >= 4 is 40.7 Å². The second-order valence-electron chi connectivity index (χ2n) is 3.98. The van der Waals surface area contributed by atoms with Crippen LogP contribution in [0, 0.1) is 0 Å². The van der Waals surface area contributed by atoms with Crippen LogP contribution in [0.2, 0.25) is 10.0 Å². The van der Waals surface area contributed by atoms with Gasteiger partial charge in [-0.15, -0.1) is 11.8 Å². The maximum absolute atomic E-state index is 9.87. The molecule has 0 aromatic heterocycles. The zero-order valence-corrected chi connectivity index (χ0v) is 12.6. The van der Waals surface area contributed by atoms with Gasteiger partial charge in [-0.3, -0.25) is 0 Å². The van der Waals surface area contributed by atoms with Crippen molar-refractivity contribution in [3.05, 3.63) is 52.0 Å². The number of thioether (sulfide) groups is 1. The van der Waals surface area contributed by atoms with E-state index in [4.69, 9.17) is 23.2 Å². The van der Waals surface area contributed by atoms with E-state index < -0.39 is 0 Å². The fourth-order valence-corrected chi connectivity index (χ4v) is 2.68. The first-order valence-corrected chi connectivity index (χ1v) is 7.63. The summed E-state index contributed by atoms with van der Waals surface area (Å²) >= 11 is 13.5. The van der Waals surface area contributed by atoms with Crippen LogP contribution < -0.4 is 5.32 Å². The van der Waals surface area contributed by atoms with Gasteiger partial charge in [0, 0.05) is 27.7 Å². The van der Waals surface area contributed by atoms with E-state index in [0.29, 0.717) is 17.1 Å². The van der Waals surface area contributed by atoms with Crippen LogP contribution in [0.3, 0.4) is 0 Å². The van der Waals surface area contributed by atoms with Gasteiger partial charge in [0.25, 0.3) is 0 Å². The van der Waals surface area contributed by atoms with Gasteiger partial charge in [0.15, 0.2) is 0 Å². The number of hydrogen-bond donors (Lipinski definition) is 2. The average Bonchev–Trinajstić information content (AvgIpc) is 2.41. The van der Waals surface area contributed by atoms with Gasteiger partial charge in [-0.1, -0.05) is 29.3 Å². The summed E-state index contributed by atoms with van der Waals surface area (Å²) in [6.45, 7) is 0.462. The first kappa shape index (κ1) is 14.4. The molecule has 0 aliphatic heterocycles. The lowest BCUT2D eigenvalue weighted by molar-refractivity contribution is 0.469. The summed E-state index contributed by atoms with van der Waals surface area (Å²) < 4.78 is 0. The predicted molar refractivity (Wildman–Crippen MR) is 83.7 cm³/mol. The van der Waals surface area contributed by atoms with Crippen molar-refractivity contribution in [2.24, 2.45) is 0 Å². The number of phenolic OH excluding ortho intramolecular Hbond substituents is 1. The summed E-state index contributed by atoms with van der Waals surface area (Å²) in [5.41, 5.74) is 1.66. The lowest BCUT2D eigenvalue weighted by Crippen LogP contribution is -2.00. The molecule has 2 rings (SSSR count). The van der Waals surface area contributed by atoms with Crippen LogP contribution in [-0.2, 0) is 6.54 Å². The summed E-state index contributed by atoms with van der Waals surface area (Å²) in [4.78, 5) is 1.18. The molecule has 0 fully saturated rings. The second-order valence-corrected chi connectivity index (χ2v) is 5.70. The topological polar surface area (TPSA) is 32.3 Å². The number of anilines is 1. The zero-order valence-electron chi connectivity index (χ0n) is 10.3. The van der Waals surface area contributed by atoms with Crippen LogP contribution >= 0.6 is 35.0 Å². The fourth-order valence-electron chi connectivity index (χ4n) is 1.68. The first-order valence-electron chi connectivity index (χ1n) is 5.65. The normalized spacial score (nSPS) is 10.5. The third-order valence-corrected chi connectivity index (χ3v) is 3.89. The smallest absolute Gasteiger partial charge is 0.139 e. The molecule has 0 amide bonds.